The van der Waals surface area contributed by atoms with Crippen LogP contribution in [0.1, 0.15) is 23.9 Å². The Morgan fingerprint density at radius 2 is 1.82 bits per heavy atom. The zero-order chi connectivity index (χ0) is 23.7. The van der Waals surface area contributed by atoms with Gasteiger partial charge < -0.3 is 14.8 Å². The summed E-state index contributed by atoms with van der Waals surface area (Å²) in [5.74, 6) is -1.00. The van der Waals surface area contributed by atoms with Crippen molar-refractivity contribution in [2.75, 3.05) is 11.9 Å². The molecule has 4 aromatic rings. The molecule has 0 aliphatic rings. The van der Waals surface area contributed by atoms with E-state index < -0.39 is 12.5 Å². The minimum atomic E-state index is -0.740. The standard InChI is InChI=1S/C24H17BrCl2N2O4/c1-2-19(31)23-22(28-20(32)11-30)17-10-16(12-3-6-14(26)7-4-12)21(29-24(17)33-23)15-8-5-13(25)9-18(15)27/h3-10,30H,2,11H2,1H3,(H,28,32). The highest BCUT2D eigenvalue weighted by atomic mass is 79.9. The number of aliphatic hydroxyl groups excluding tert-OH is 1. The zero-order valence-electron chi connectivity index (χ0n) is 17.3. The number of nitrogens with zero attached hydrogens (tertiary/aromatic N) is 1. The van der Waals surface area contributed by atoms with E-state index in [2.05, 4.69) is 21.2 Å². The van der Waals surface area contributed by atoms with Crippen LogP contribution in [0.15, 0.2) is 57.4 Å². The summed E-state index contributed by atoms with van der Waals surface area (Å²) in [5, 5.41) is 13.3. The first-order chi connectivity index (χ1) is 15.8. The number of Topliss-reactive ketones (excluding diaryl/α,β-unsaturated/α-hetero) is 1. The van der Waals surface area contributed by atoms with E-state index >= 15 is 0 Å². The molecule has 0 unspecified atom stereocenters. The molecule has 0 aliphatic carbocycles. The predicted octanol–water partition coefficient (Wildman–Crippen LogP) is 6.75. The Labute approximate surface area is 207 Å². The summed E-state index contributed by atoms with van der Waals surface area (Å²) in [4.78, 5) is 29.2. The Bertz CT molecular complexity index is 1380. The maximum absolute atomic E-state index is 12.5. The van der Waals surface area contributed by atoms with Gasteiger partial charge in [0.05, 0.1) is 16.1 Å². The summed E-state index contributed by atoms with van der Waals surface area (Å²) in [6.07, 6.45) is 0.164. The predicted molar refractivity (Wildman–Crippen MR) is 133 cm³/mol. The van der Waals surface area contributed by atoms with Crippen molar-refractivity contribution >= 4 is 67.6 Å². The number of hydrogen-bond donors (Lipinski definition) is 2. The fourth-order valence-corrected chi connectivity index (χ4v) is 4.31. The van der Waals surface area contributed by atoms with E-state index in [1.165, 1.54) is 0 Å². The molecule has 33 heavy (non-hydrogen) atoms. The molecule has 2 N–H and O–H groups in total. The van der Waals surface area contributed by atoms with E-state index in [1.807, 2.05) is 24.3 Å². The number of rotatable bonds is 6. The number of nitrogens with one attached hydrogen (secondary N) is 1. The quantitative estimate of drug-likeness (QED) is 0.260. The average Bonchev–Trinajstić information content (AvgIpc) is 3.15. The molecule has 2 heterocycles. The number of anilines is 1. The number of fused-ring (bicyclic) bond motifs is 1. The molecule has 0 spiro atoms. The molecule has 1 amide bonds. The molecular formula is C24H17BrCl2N2O4. The van der Waals surface area contributed by atoms with Crippen LogP contribution in [0.2, 0.25) is 10.0 Å². The number of benzene rings is 2. The number of furan rings is 1. The van der Waals surface area contributed by atoms with Crippen molar-refractivity contribution in [1.82, 2.24) is 4.98 Å². The largest absolute Gasteiger partial charge is 0.432 e. The second-order valence-electron chi connectivity index (χ2n) is 7.16. The van der Waals surface area contributed by atoms with Crippen molar-refractivity contribution in [3.05, 3.63) is 68.8 Å². The van der Waals surface area contributed by atoms with Gasteiger partial charge in [-0.15, -0.1) is 0 Å². The normalized spacial score (nSPS) is 11.1. The fraction of sp³-hybridized carbons (Fsp3) is 0.125. The van der Waals surface area contributed by atoms with Crippen LogP contribution in [0, 0.1) is 0 Å². The summed E-state index contributed by atoms with van der Waals surface area (Å²) in [5.41, 5.74) is 3.02. The first kappa shape index (κ1) is 23.4. The van der Waals surface area contributed by atoms with E-state index in [-0.39, 0.29) is 29.4 Å². The van der Waals surface area contributed by atoms with E-state index in [0.717, 1.165) is 10.0 Å². The monoisotopic (exact) mass is 546 g/mol. The Kier molecular flexibility index (Phi) is 6.86. The molecule has 0 saturated heterocycles. The van der Waals surface area contributed by atoms with Gasteiger partial charge in [0.15, 0.2) is 11.5 Å². The van der Waals surface area contributed by atoms with Gasteiger partial charge >= 0.3 is 0 Å². The highest BCUT2D eigenvalue weighted by Gasteiger charge is 2.25. The lowest BCUT2D eigenvalue weighted by molar-refractivity contribution is -0.118. The fourth-order valence-electron chi connectivity index (χ4n) is 3.42. The Hall–Kier alpha value is -2.71. The lowest BCUT2D eigenvalue weighted by Gasteiger charge is -2.12. The van der Waals surface area contributed by atoms with Crippen LogP contribution in [0.3, 0.4) is 0 Å². The lowest BCUT2D eigenvalue weighted by Crippen LogP contribution is -2.17. The smallest absolute Gasteiger partial charge is 0.250 e. The topological polar surface area (TPSA) is 92.4 Å². The van der Waals surface area contributed by atoms with Gasteiger partial charge in [0, 0.05) is 27.0 Å². The van der Waals surface area contributed by atoms with Crippen LogP contribution >= 0.6 is 39.1 Å². The molecule has 9 heteroatoms. The third kappa shape index (κ3) is 4.68. The molecule has 0 saturated carbocycles. The van der Waals surface area contributed by atoms with Crippen molar-refractivity contribution in [1.29, 1.82) is 0 Å². The SMILES string of the molecule is CCC(=O)c1oc2nc(-c3ccc(Br)cc3Cl)c(-c3ccc(Cl)cc3)cc2c1NC(=O)CO. The number of aliphatic hydroxyl groups is 1. The number of ketones is 1. The number of amides is 1. The maximum Gasteiger partial charge on any atom is 0.250 e. The summed E-state index contributed by atoms with van der Waals surface area (Å²) in [6.45, 7) is 0.948. The number of aromatic nitrogens is 1. The molecule has 168 valence electrons. The first-order valence-corrected chi connectivity index (χ1v) is 11.5. The lowest BCUT2D eigenvalue weighted by atomic mass is 9.98. The number of halogens is 3. The molecule has 0 atom stereocenters. The summed E-state index contributed by atoms with van der Waals surface area (Å²) in [6, 6.07) is 14.4. The highest BCUT2D eigenvalue weighted by molar-refractivity contribution is 9.10. The van der Waals surface area contributed by atoms with Gasteiger partial charge in [-0.2, -0.15) is 0 Å². The highest BCUT2D eigenvalue weighted by Crippen LogP contribution is 2.41. The molecule has 0 aliphatic heterocycles. The van der Waals surface area contributed by atoms with Crippen molar-refractivity contribution in [3.8, 4) is 22.4 Å². The van der Waals surface area contributed by atoms with Crippen LogP contribution in [-0.2, 0) is 4.79 Å². The maximum atomic E-state index is 12.5. The second kappa shape index (κ2) is 9.65. The Morgan fingerprint density at radius 1 is 1.09 bits per heavy atom. The number of hydrogen-bond acceptors (Lipinski definition) is 5. The number of carbonyl (C=O) groups excluding carboxylic acids is 2. The van der Waals surface area contributed by atoms with Gasteiger partial charge in [-0.25, -0.2) is 4.98 Å². The van der Waals surface area contributed by atoms with Gasteiger partial charge in [0.1, 0.15) is 12.3 Å². The van der Waals surface area contributed by atoms with Crippen molar-refractivity contribution < 1.29 is 19.1 Å². The Balaban J connectivity index is 2.05. The molecule has 0 radical (unpaired) electrons. The van der Waals surface area contributed by atoms with Crippen LogP contribution in [0.25, 0.3) is 33.5 Å². The minimum absolute atomic E-state index is 0.0251. The summed E-state index contributed by atoms with van der Waals surface area (Å²) >= 11 is 16.0. The summed E-state index contributed by atoms with van der Waals surface area (Å²) < 4.78 is 6.62. The van der Waals surface area contributed by atoms with Gasteiger partial charge in [0.2, 0.25) is 11.6 Å². The number of carbonyl (C=O) groups is 2. The van der Waals surface area contributed by atoms with Crippen molar-refractivity contribution in [3.63, 3.8) is 0 Å². The van der Waals surface area contributed by atoms with E-state index in [4.69, 9.17) is 32.6 Å². The minimum Gasteiger partial charge on any atom is -0.432 e. The molecule has 0 bridgehead atoms. The average molecular weight is 548 g/mol. The summed E-state index contributed by atoms with van der Waals surface area (Å²) in [7, 11) is 0. The van der Waals surface area contributed by atoms with Gasteiger partial charge in [-0.3, -0.25) is 9.59 Å². The molecule has 0 fully saturated rings. The molecule has 2 aromatic carbocycles. The van der Waals surface area contributed by atoms with Crippen LogP contribution in [0.5, 0.6) is 0 Å². The van der Waals surface area contributed by atoms with Crippen LogP contribution < -0.4 is 5.32 Å². The molecule has 6 nitrogen and oxygen atoms in total. The van der Waals surface area contributed by atoms with Gasteiger partial charge in [0.25, 0.3) is 0 Å². The third-order valence-electron chi connectivity index (χ3n) is 5.01. The van der Waals surface area contributed by atoms with Crippen LogP contribution in [0.4, 0.5) is 5.69 Å². The van der Waals surface area contributed by atoms with Crippen molar-refractivity contribution in [2.24, 2.45) is 0 Å². The second-order valence-corrected chi connectivity index (χ2v) is 8.92. The first-order valence-electron chi connectivity index (χ1n) is 9.95. The number of pyridine rings is 1. The Morgan fingerprint density at radius 3 is 2.45 bits per heavy atom. The van der Waals surface area contributed by atoms with Crippen LogP contribution in [-0.4, -0.2) is 28.4 Å². The van der Waals surface area contributed by atoms with Gasteiger partial charge in [-0.1, -0.05) is 64.3 Å². The molecular weight excluding hydrogens is 531 g/mol. The molecule has 2 aromatic heterocycles. The van der Waals surface area contributed by atoms with E-state index in [1.54, 1.807) is 31.2 Å². The van der Waals surface area contributed by atoms with E-state index in [0.29, 0.717) is 32.3 Å². The van der Waals surface area contributed by atoms with E-state index in [9.17, 15) is 14.7 Å². The zero-order valence-corrected chi connectivity index (χ0v) is 20.4. The van der Waals surface area contributed by atoms with Crippen molar-refractivity contribution in [2.45, 2.75) is 13.3 Å². The third-order valence-corrected chi connectivity index (χ3v) is 6.06. The van der Waals surface area contributed by atoms with Gasteiger partial charge in [-0.05, 0) is 35.9 Å². The molecule has 4 rings (SSSR count).